The smallest absolute Gasteiger partial charge is 0.121 e. The quantitative estimate of drug-likeness (QED) is 0.123. The van der Waals surface area contributed by atoms with E-state index in [-0.39, 0.29) is 25.5 Å². The van der Waals surface area contributed by atoms with E-state index in [0.717, 1.165) is 50.9 Å². The summed E-state index contributed by atoms with van der Waals surface area (Å²) in [6.45, 7) is 20.9. The average molecular weight is 881 g/mol. The summed E-state index contributed by atoms with van der Waals surface area (Å²) in [5, 5.41) is 5.10. The molecule has 0 spiro atoms. The van der Waals surface area contributed by atoms with Crippen LogP contribution in [0.1, 0.15) is 26.3 Å². The Morgan fingerprint density at radius 1 is 0.647 bits per heavy atom. The van der Waals surface area contributed by atoms with E-state index in [0.29, 0.717) is 0 Å². The van der Waals surface area contributed by atoms with Crippen molar-refractivity contribution in [2.45, 2.75) is 66.5 Å². The summed E-state index contributed by atoms with van der Waals surface area (Å²) in [5.41, 5.74) is 9.53. The summed E-state index contributed by atoms with van der Waals surface area (Å²) in [6, 6.07) is 42.8. The number of aromatic nitrogens is 2. The molecule has 0 N–H and O–H groups in total. The van der Waals surface area contributed by atoms with Gasteiger partial charge >= 0.3 is 0 Å². The molecule has 0 aliphatic carbocycles. The van der Waals surface area contributed by atoms with Gasteiger partial charge in [-0.05, 0) is 51.7 Å². The van der Waals surface area contributed by atoms with E-state index < -0.39 is 16.1 Å². The molecule has 3 heterocycles. The van der Waals surface area contributed by atoms with Crippen molar-refractivity contribution in [3.8, 4) is 33.6 Å². The van der Waals surface area contributed by atoms with Crippen LogP contribution in [-0.2, 0) is 26.5 Å². The molecule has 0 atom stereocenters. The Kier molecular flexibility index (Phi) is 11.5. The first kappa shape index (κ1) is 38.3. The fraction of sp³-hybridized carbons (Fsp3) is 0.244. The zero-order chi connectivity index (χ0) is 35.7. The van der Waals surface area contributed by atoms with Crippen molar-refractivity contribution in [2.75, 3.05) is 0 Å². The fourth-order valence-corrected chi connectivity index (χ4v) is 8.36. The number of hydrogen-bond acceptors (Lipinski definition) is 3. The molecular formula is C45H48IrN2OSi2-2. The summed E-state index contributed by atoms with van der Waals surface area (Å²) in [5.74, 6) is 0. The maximum absolute atomic E-state index is 6.45. The minimum absolute atomic E-state index is 0. The van der Waals surface area contributed by atoms with Crippen LogP contribution >= 0.6 is 0 Å². The van der Waals surface area contributed by atoms with Gasteiger partial charge in [0.1, 0.15) is 5.58 Å². The predicted molar refractivity (Wildman–Crippen MR) is 219 cm³/mol. The largest absolute Gasteiger partial charge is 0.501 e. The minimum atomic E-state index is -1.31. The standard InChI is InChI=1S/C31H32NOSi.C14H16NSi.Ir/c1-31(2,3)20-21-16-17-32-28(18-21)27-9-7-8-26-25-15-12-23(19-29(25)33-30(26)27)22-10-13-24(14-11-22)34(4,5)6;1-16(2,3)13-9-10-14(15-11-13)12-7-5-4-6-8-12;/h7-8,10-19H,20H2,1-6H3;4-7,9-11H,1-3H3;/q2*-1;. The molecule has 51 heavy (non-hydrogen) atoms. The molecule has 0 aliphatic rings. The van der Waals surface area contributed by atoms with Gasteiger partial charge in [0.2, 0.25) is 0 Å². The van der Waals surface area contributed by atoms with Crippen molar-refractivity contribution in [2.24, 2.45) is 5.41 Å². The van der Waals surface area contributed by atoms with E-state index in [2.05, 4.69) is 155 Å². The zero-order valence-corrected chi connectivity index (χ0v) is 35.7. The number of rotatable bonds is 6. The number of nitrogens with zero attached hydrogens (tertiary/aromatic N) is 2. The van der Waals surface area contributed by atoms with Crippen LogP contribution in [0.3, 0.4) is 0 Å². The third-order valence-electron chi connectivity index (χ3n) is 8.95. The molecule has 263 valence electrons. The molecule has 0 aliphatic heterocycles. The zero-order valence-electron chi connectivity index (χ0n) is 31.3. The Hall–Kier alpha value is -3.94. The van der Waals surface area contributed by atoms with Crippen molar-refractivity contribution >= 4 is 48.5 Å². The van der Waals surface area contributed by atoms with Crippen LogP contribution in [0, 0.1) is 17.5 Å². The molecule has 0 unspecified atom stereocenters. The van der Waals surface area contributed by atoms with Crippen molar-refractivity contribution < 1.29 is 24.5 Å². The van der Waals surface area contributed by atoms with E-state index >= 15 is 0 Å². The van der Waals surface area contributed by atoms with Crippen LogP contribution in [0.2, 0.25) is 39.3 Å². The second kappa shape index (κ2) is 15.3. The summed E-state index contributed by atoms with van der Waals surface area (Å²) in [6.07, 6.45) is 4.91. The van der Waals surface area contributed by atoms with Crippen LogP contribution in [0.15, 0.2) is 120 Å². The van der Waals surface area contributed by atoms with Crippen molar-refractivity contribution in [1.82, 2.24) is 9.97 Å². The predicted octanol–water partition coefficient (Wildman–Crippen LogP) is 11.3. The third-order valence-corrected chi connectivity index (χ3v) is 13.0. The van der Waals surface area contributed by atoms with Gasteiger partial charge in [0.25, 0.3) is 0 Å². The SMILES string of the molecule is CC(C)(C)Cc1ccnc(-c2[c-]ccc3c2oc2cc(-c4ccc([Si](C)(C)C)cc4)ccc23)c1.C[Si](C)(C)c1ccc(-c2[c-]cccc2)nc1.[Ir]. The molecule has 7 aromatic rings. The Labute approximate surface area is 320 Å². The molecule has 1 radical (unpaired) electrons. The average Bonchev–Trinajstić information content (AvgIpc) is 3.46. The summed E-state index contributed by atoms with van der Waals surface area (Å²) >= 11 is 0. The molecule has 3 aromatic heterocycles. The van der Waals surface area contributed by atoms with Gasteiger partial charge in [-0.25, -0.2) is 0 Å². The fourth-order valence-electron chi connectivity index (χ4n) is 6.16. The first-order valence-corrected chi connectivity index (χ1v) is 24.5. The van der Waals surface area contributed by atoms with Crippen LogP contribution in [-0.4, -0.2) is 26.1 Å². The normalized spacial score (nSPS) is 11.9. The Balaban J connectivity index is 0.000000249. The molecule has 0 saturated heterocycles. The van der Waals surface area contributed by atoms with E-state index in [1.54, 1.807) is 0 Å². The third kappa shape index (κ3) is 9.30. The monoisotopic (exact) mass is 881 g/mol. The number of fused-ring (bicyclic) bond motifs is 3. The van der Waals surface area contributed by atoms with E-state index in [1.165, 1.54) is 27.1 Å². The van der Waals surface area contributed by atoms with E-state index in [1.807, 2.05) is 42.7 Å². The number of furan rings is 1. The Morgan fingerprint density at radius 3 is 1.98 bits per heavy atom. The molecule has 0 bridgehead atoms. The Morgan fingerprint density at radius 2 is 1.35 bits per heavy atom. The van der Waals surface area contributed by atoms with Gasteiger partial charge in [0, 0.05) is 37.9 Å². The first-order chi connectivity index (χ1) is 23.7. The number of benzene rings is 4. The van der Waals surface area contributed by atoms with Gasteiger partial charge in [0.15, 0.2) is 0 Å². The summed E-state index contributed by atoms with van der Waals surface area (Å²) < 4.78 is 6.45. The number of pyridine rings is 2. The molecule has 6 heteroatoms. The topological polar surface area (TPSA) is 38.9 Å². The molecular weight excluding hydrogens is 833 g/mol. The van der Waals surface area contributed by atoms with Gasteiger partial charge in [-0.2, -0.15) is 0 Å². The van der Waals surface area contributed by atoms with Gasteiger partial charge in [0.05, 0.1) is 21.7 Å². The molecule has 4 aromatic carbocycles. The number of hydrogen-bond donors (Lipinski definition) is 0. The molecule has 0 fully saturated rings. The second-order valence-corrected chi connectivity index (χ2v) is 26.6. The second-order valence-electron chi connectivity index (χ2n) is 16.5. The van der Waals surface area contributed by atoms with Crippen LogP contribution in [0.5, 0.6) is 0 Å². The van der Waals surface area contributed by atoms with Crippen LogP contribution in [0.25, 0.3) is 55.6 Å². The van der Waals surface area contributed by atoms with E-state index in [4.69, 9.17) is 4.42 Å². The van der Waals surface area contributed by atoms with Gasteiger partial charge in [-0.1, -0.05) is 136 Å². The maximum Gasteiger partial charge on any atom is 0.121 e. The first-order valence-electron chi connectivity index (χ1n) is 17.5. The summed E-state index contributed by atoms with van der Waals surface area (Å²) in [7, 11) is -2.54. The summed E-state index contributed by atoms with van der Waals surface area (Å²) in [4.78, 5) is 9.18. The van der Waals surface area contributed by atoms with Crippen LogP contribution in [0.4, 0.5) is 0 Å². The van der Waals surface area contributed by atoms with Crippen molar-refractivity contribution in [1.29, 1.82) is 0 Å². The van der Waals surface area contributed by atoms with Crippen molar-refractivity contribution in [3.05, 3.63) is 133 Å². The van der Waals surface area contributed by atoms with Gasteiger partial charge in [-0.15, -0.1) is 54.1 Å². The molecule has 0 amide bonds. The molecule has 7 rings (SSSR count). The maximum atomic E-state index is 6.45. The van der Waals surface area contributed by atoms with Gasteiger partial charge in [-0.3, -0.25) is 0 Å². The molecule has 0 saturated carbocycles. The Bertz CT molecular complexity index is 2220. The van der Waals surface area contributed by atoms with Gasteiger partial charge < -0.3 is 14.4 Å². The molecule has 3 nitrogen and oxygen atoms in total. The van der Waals surface area contributed by atoms with Crippen LogP contribution < -0.4 is 10.4 Å². The minimum Gasteiger partial charge on any atom is -0.501 e. The van der Waals surface area contributed by atoms with E-state index in [9.17, 15) is 0 Å². The van der Waals surface area contributed by atoms with Crippen molar-refractivity contribution in [3.63, 3.8) is 0 Å².